The minimum Gasteiger partial charge on any atom is -0.493 e. The van der Waals surface area contributed by atoms with Gasteiger partial charge in [0.1, 0.15) is 0 Å². The summed E-state index contributed by atoms with van der Waals surface area (Å²) < 4.78 is 10.6. The molecule has 0 saturated heterocycles. The standard InChI is InChI=1S/C17H29NO3/c1-12(2)10-17(4,19)11-18-13(3)14-7-8-15(20-5)16(9-14)21-6/h7-9,12-13,18-19H,10-11H2,1-6H3. The predicted molar refractivity (Wildman–Crippen MR) is 86.0 cm³/mol. The van der Waals surface area contributed by atoms with Crippen molar-refractivity contribution >= 4 is 0 Å². The zero-order valence-electron chi connectivity index (χ0n) is 14.1. The van der Waals surface area contributed by atoms with E-state index in [-0.39, 0.29) is 6.04 Å². The highest BCUT2D eigenvalue weighted by Crippen LogP contribution is 2.30. The Hall–Kier alpha value is -1.26. The molecule has 1 aromatic rings. The third kappa shape index (κ3) is 5.56. The van der Waals surface area contributed by atoms with Crippen molar-refractivity contribution in [2.45, 2.75) is 45.8 Å². The van der Waals surface area contributed by atoms with Crippen LogP contribution < -0.4 is 14.8 Å². The predicted octanol–water partition coefficient (Wildman–Crippen LogP) is 3.15. The number of hydrogen-bond donors (Lipinski definition) is 2. The molecule has 120 valence electrons. The summed E-state index contributed by atoms with van der Waals surface area (Å²) >= 11 is 0. The summed E-state index contributed by atoms with van der Waals surface area (Å²) in [6, 6.07) is 6.01. The van der Waals surface area contributed by atoms with E-state index in [1.54, 1.807) is 14.2 Å². The maximum absolute atomic E-state index is 10.4. The quantitative estimate of drug-likeness (QED) is 0.773. The van der Waals surface area contributed by atoms with Crippen molar-refractivity contribution < 1.29 is 14.6 Å². The first-order valence-electron chi connectivity index (χ1n) is 7.46. The van der Waals surface area contributed by atoms with Gasteiger partial charge in [-0.2, -0.15) is 0 Å². The van der Waals surface area contributed by atoms with Gasteiger partial charge in [-0.1, -0.05) is 19.9 Å². The van der Waals surface area contributed by atoms with Crippen molar-refractivity contribution in [3.63, 3.8) is 0 Å². The number of hydrogen-bond acceptors (Lipinski definition) is 4. The van der Waals surface area contributed by atoms with E-state index < -0.39 is 5.60 Å². The molecule has 0 heterocycles. The number of benzene rings is 1. The first-order chi connectivity index (χ1) is 9.79. The highest BCUT2D eigenvalue weighted by atomic mass is 16.5. The molecule has 1 aromatic carbocycles. The lowest BCUT2D eigenvalue weighted by Gasteiger charge is -2.28. The molecule has 0 aromatic heterocycles. The molecule has 0 aliphatic rings. The molecular formula is C17H29NO3. The summed E-state index contributed by atoms with van der Waals surface area (Å²) in [5, 5.41) is 13.7. The number of rotatable bonds is 8. The van der Waals surface area contributed by atoms with Crippen LogP contribution in [0.3, 0.4) is 0 Å². The molecule has 4 nitrogen and oxygen atoms in total. The molecule has 4 heteroatoms. The molecule has 0 saturated carbocycles. The van der Waals surface area contributed by atoms with Gasteiger partial charge in [-0.05, 0) is 43.9 Å². The van der Waals surface area contributed by atoms with Crippen molar-refractivity contribution in [2.75, 3.05) is 20.8 Å². The van der Waals surface area contributed by atoms with Gasteiger partial charge in [0.25, 0.3) is 0 Å². The molecule has 0 radical (unpaired) electrons. The molecule has 2 atom stereocenters. The van der Waals surface area contributed by atoms with Crippen LogP contribution in [0.5, 0.6) is 11.5 Å². The fraction of sp³-hybridized carbons (Fsp3) is 0.647. The third-order valence-electron chi connectivity index (χ3n) is 3.54. The Morgan fingerprint density at radius 1 is 1.14 bits per heavy atom. The molecule has 0 aliphatic heterocycles. The molecule has 2 N–H and O–H groups in total. The van der Waals surface area contributed by atoms with E-state index >= 15 is 0 Å². The summed E-state index contributed by atoms with van der Waals surface area (Å²) in [4.78, 5) is 0. The van der Waals surface area contributed by atoms with E-state index in [0.29, 0.717) is 12.5 Å². The Bertz CT molecular complexity index is 444. The molecular weight excluding hydrogens is 266 g/mol. The van der Waals surface area contributed by atoms with Crippen LogP contribution in [-0.4, -0.2) is 31.5 Å². The highest BCUT2D eigenvalue weighted by molar-refractivity contribution is 5.43. The molecule has 2 unspecified atom stereocenters. The van der Waals surface area contributed by atoms with E-state index in [9.17, 15) is 5.11 Å². The smallest absolute Gasteiger partial charge is 0.161 e. The van der Waals surface area contributed by atoms with Crippen molar-refractivity contribution in [2.24, 2.45) is 5.92 Å². The Labute approximate surface area is 128 Å². The topological polar surface area (TPSA) is 50.7 Å². The van der Waals surface area contributed by atoms with Gasteiger partial charge >= 0.3 is 0 Å². The average molecular weight is 295 g/mol. The van der Waals surface area contributed by atoms with Gasteiger partial charge in [0.15, 0.2) is 11.5 Å². The van der Waals surface area contributed by atoms with Crippen LogP contribution in [0, 0.1) is 5.92 Å². The lowest BCUT2D eigenvalue weighted by molar-refractivity contribution is 0.0363. The number of ether oxygens (including phenoxy) is 2. The van der Waals surface area contributed by atoms with E-state index in [0.717, 1.165) is 23.5 Å². The van der Waals surface area contributed by atoms with Crippen molar-refractivity contribution in [1.29, 1.82) is 0 Å². The van der Waals surface area contributed by atoms with E-state index in [2.05, 4.69) is 26.1 Å². The van der Waals surface area contributed by atoms with E-state index in [1.807, 2.05) is 25.1 Å². The van der Waals surface area contributed by atoms with Gasteiger partial charge in [0, 0.05) is 12.6 Å². The van der Waals surface area contributed by atoms with Gasteiger partial charge in [-0.25, -0.2) is 0 Å². The molecule has 0 aliphatic carbocycles. The Morgan fingerprint density at radius 2 is 1.76 bits per heavy atom. The van der Waals surface area contributed by atoms with Crippen LogP contribution in [0.15, 0.2) is 18.2 Å². The van der Waals surface area contributed by atoms with Gasteiger partial charge < -0.3 is 19.9 Å². The zero-order valence-corrected chi connectivity index (χ0v) is 14.1. The largest absolute Gasteiger partial charge is 0.493 e. The SMILES string of the molecule is COc1ccc(C(C)NCC(C)(O)CC(C)C)cc1OC. The monoisotopic (exact) mass is 295 g/mol. The van der Waals surface area contributed by atoms with Gasteiger partial charge in [0.2, 0.25) is 0 Å². The van der Waals surface area contributed by atoms with Crippen LogP contribution in [0.4, 0.5) is 0 Å². The Morgan fingerprint density at radius 3 is 2.29 bits per heavy atom. The maximum atomic E-state index is 10.4. The second-order valence-corrected chi connectivity index (χ2v) is 6.31. The zero-order chi connectivity index (χ0) is 16.0. The van der Waals surface area contributed by atoms with Crippen LogP contribution in [0.2, 0.25) is 0 Å². The fourth-order valence-corrected chi connectivity index (χ4v) is 2.56. The number of aliphatic hydroxyl groups is 1. The van der Waals surface area contributed by atoms with Gasteiger partial charge in [-0.3, -0.25) is 0 Å². The first-order valence-corrected chi connectivity index (χ1v) is 7.46. The van der Waals surface area contributed by atoms with Crippen LogP contribution >= 0.6 is 0 Å². The lowest BCUT2D eigenvalue weighted by atomic mass is 9.94. The van der Waals surface area contributed by atoms with Crippen molar-refractivity contribution in [3.8, 4) is 11.5 Å². The van der Waals surface area contributed by atoms with Crippen LogP contribution in [0.25, 0.3) is 0 Å². The first kappa shape index (κ1) is 17.8. The van der Waals surface area contributed by atoms with Crippen molar-refractivity contribution in [1.82, 2.24) is 5.32 Å². The third-order valence-corrected chi connectivity index (χ3v) is 3.54. The fourth-order valence-electron chi connectivity index (χ4n) is 2.56. The summed E-state index contributed by atoms with van der Waals surface area (Å²) in [5.74, 6) is 1.91. The van der Waals surface area contributed by atoms with Gasteiger partial charge in [-0.15, -0.1) is 0 Å². The number of methoxy groups -OCH3 is 2. The summed E-state index contributed by atoms with van der Waals surface area (Å²) in [6.07, 6.45) is 0.776. The highest BCUT2D eigenvalue weighted by Gasteiger charge is 2.22. The van der Waals surface area contributed by atoms with E-state index in [4.69, 9.17) is 9.47 Å². The van der Waals surface area contributed by atoms with Crippen molar-refractivity contribution in [3.05, 3.63) is 23.8 Å². The number of nitrogens with one attached hydrogen (secondary N) is 1. The Balaban J connectivity index is 2.69. The molecule has 0 fully saturated rings. The summed E-state index contributed by atoms with van der Waals surface area (Å²) in [7, 11) is 3.26. The molecule has 0 bridgehead atoms. The normalized spacial score (nSPS) is 15.6. The molecule has 0 amide bonds. The lowest BCUT2D eigenvalue weighted by Crippen LogP contribution is -2.39. The Kier molecular flexibility index (Phi) is 6.49. The molecule has 0 spiro atoms. The maximum Gasteiger partial charge on any atom is 0.161 e. The van der Waals surface area contributed by atoms with E-state index in [1.165, 1.54) is 0 Å². The minimum absolute atomic E-state index is 0.128. The summed E-state index contributed by atoms with van der Waals surface area (Å²) in [6.45, 7) is 8.74. The second-order valence-electron chi connectivity index (χ2n) is 6.31. The second kappa shape index (κ2) is 7.66. The van der Waals surface area contributed by atoms with Gasteiger partial charge in [0.05, 0.1) is 19.8 Å². The average Bonchev–Trinajstić information content (AvgIpc) is 2.42. The van der Waals surface area contributed by atoms with Crippen LogP contribution in [-0.2, 0) is 0 Å². The molecule has 21 heavy (non-hydrogen) atoms. The molecule has 1 rings (SSSR count). The summed E-state index contributed by atoms with van der Waals surface area (Å²) in [5.41, 5.74) is 0.409. The van der Waals surface area contributed by atoms with Crippen LogP contribution in [0.1, 0.15) is 45.7 Å². The minimum atomic E-state index is -0.695.